The van der Waals surface area contributed by atoms with Crippen molar-refractivity contribution in [3.05, 3.63) is 47.7 Å². The quantitative estimate of drug-likeness (QED) is 0.747. The zero-order valence-electron chi connectivity index (χ0n) is 15.6. The predicted octanol–water partition coefficient (Wildman–Crippen LogP) is 3.28. The Bertz CT molecular complexity index is 954. The molecule has 0 unspecified atom stereocenters. The number of rotatable bonds is 3. The lowest BCUT2D eigenvalue weighted by Crippen LogP contribution is -2.34. The molecule has 2 aromatic heterocycles. The van der Waals surface area contributed by atoms with Crippen molar-refractivity contribution in [3.8, 4) is 0 Å². The Balaban J connectivity index is 1.27. The first-order valence-corrected chi connectivity index (χ1v) is 9.87. The van der Waals surface area contributed by atoms with Crippen LogP contribution in [0.15, 0.2) is 30.6 Å². The zero-order chi connectivity index (χ0) is 18.4. The molecular weight excluding hydrogens is 338 g/mol. The first-order chi connectivity index (χ1) is 13.2. The number of hydrogen-bond acceptors (Lipinski definition) is 5. The summed E-state index contributed by atoms with van der Waals surface area (Å²) in [6.45, 7) is 4.06. The van der Waals surface area contributed by atoms with Gasteiger partial charge in [0.25, 0.3) is 0 Å². The number of aromatic amines is 1. The molecule has 2 N–H and O–H groups in total. The third kappa shape index (κ3) is 3.18. The molecule has 0 spiro atoms. The van der Waals surface area contributed by atoms with Crippen molar-refractivity contribution in [2.75, 3.05) is 18.0 Å². The summed E-state index contributed by atoms with van der Waals surface area (Å²) in [6.07, 6.45) is 5.30. The van der Waals surface area contributed by atoms with Gasteiger partial charge in [0.15, 0.2) is 0 Å². The number of H-pyrrole nitrogens is 1. The van der Waals surface area contributed by atoms with Crippen molar-refractivity contribution in [1.82, 2.24) is 19.9 Å². The van der Waals surface area contributed by atoms with Crippen LogP contribution in [0.3, 0.4) is 0 Å². The lowest BCUT2D eigenvalue weighted by molar-refractivity contribution is 0.0732. The van der Waals surface area contributed by atoms with Crippen molar-refractivity contribution in [2.45, 2.75) is 50.5 Å². The van der Waals surface area contributed by atoms with Gasteiger partial charge < -0.3 is 15.0 Å². The number of nitrogens with one attached hydrogen (secondary N) is 1. The monoisotopic (exact) mass is 363 g/mol. The molecular formula is C21H25N5O. The van der Waals surface area contributed by atoms with Gasteiger partial charge in [-0.05, 0) is 50.3 Å². The van der Waals surface area contributed by atoms with Gasteiger partial charge in [0.05, 0.1) is 17.1 Å². The number of hydrogen-bond donors (Lipinski definition) is 2. The highest BCUT2D eigenvalue weighted by Crippen LogP contribution is 2.37. The third-order valence-electron chi connectivity index (χ3n) is 6.07. The van der Waals surface area contributed by atoms with Crippen molar-refractivity contribution in [3.63, 3.8) is 0 Å². The largest absolute Gasteiger partial charge is 0.393 e. The van der Waals surface area contributed by atoms with E-state index in [1.165, 1.54) is 5.56 Å². The molecule has 3 aromatic rings. The van der Waals surface area contributed by atoms with Gasteiger partial charge in [-0.25, -0.2) is 15.0 Å². The van der Waals surface area contributed by atoms with Crippen LogP contribution in [0.5, 0.6) is 0 Å². The first kappa shape index (κ1) is 16.7. The molecule has 1 aliphatic carbocycles. The highest BCUT2D eigenvalue weighted by atomic mass is 16.3. The Kier molecular flexibility index (Phi) is 4.08. The van der Waals surface area contributed by atoms with Crippen molar-refractivity contribution >= 4 is 16.9 Å². The van der Waals surface area contributed by atoms with Crippen molar-refractivity contribution in [2.24, 2.45) is 0 Å². The van der Waals surface area contributed by atoms with Crippen LogP contribution in [0, 0.1) is 6.92 Å². The summed E-state index contributed by atoms with van der Waals surface area (Å²) in [5.74, 6) is 2.98. The fourth-order valence-electron chi connectivity index (χ4n) is 4.31. The molecule has 0 atom stereocenters. The molecule has 6 nitrogen and oxygen atoms in total. The van der Waals surface area contributed by atoms with Gasteiger partial charge in [-0.2, -0.15) is 0 Å². The lowest BCUT2D eigenvalue weighted by atomic mass is 9.80. The Hall–Kier alpha value is -2.47. The van der Waals surface area contributed by atoms with E-state index in [9.17, 15) is 5.11 Å². The molecule has 140 valence electrons. The smallest absolute Gasteiger partial charge is 0.132 e. The molecule has 2 aliphatic rings. The number of aliphatic hydroxyl groups excluding tert-OH is 1. The Morgan fingerprint density at radius 1 is 1.07 bits per heavy atom. The molecule has 27 heavy (non-hydrogen) atoms. The summed E-state index contributed by atoms with van der Waals surface area (Å²) in [5, 5.41) is 9.54. The minimum Gasteiger partial charge on any atom is -0.393 e. The van der Waals surface area contributed by atoms with E-state index in [0.717, 1.165) is 67.1 Å². The second-order valence-corrected chi connectivity index (χ2v) is 8.03. The third-order valence-corrected chi connectivity index (χ3v) is 6.07. The van der Waals surface area contributed by atoms with Gasteiger partial charge in [0, 0.05) is 36.7 Å². The second-order valence-electron chi connectivity index (χ2n) is 8.03. The predicted molar refractivity (Wildman–Crippen MR) is 105 cm³/mol. The molecule has 1 aromatic carbocycles. The number of imidazole rings is 1. The van der Waals surface area contributed by atoms with Crippen LogP contribution < -0.4 is 4.90 Å². The van der Waals surface area contributed by atoms with E-state index in [-0.39, 0.29) is 6.10 Å². The summed E-state index contributed by atoms with van der Waals surface area (Å²) < 4.78 is 0. The van der Waals surface area contributed by atoms with E-state index < -0.39 is 0 Å². The first-order valence-electron chi connectivity index (χ1n) is 9.87. The minimum atomic E-state index is -0.156. The summed E-state index contributed by atoms with van der Waals surface area (Å²) >= 11 is 0. The van der Waals surface area contributed by atoms with Gasteiger partial charge in [0.1, 0.15) is 18.0 Å². The maximum absolute atomic E-state index is 9.54. The van der Waals surface area contributed by atoms with Crippen LogP contribution in [0.1, 0.15) is 54.6 Å². The van der Waals surface area contributed by atoms with Crippen LogP contribution in [-0.2, 0) is 0 Å². The van der Waals surface area contributed by atoms with E-state index >= 15 is 0 Å². The number of anilines is 1. The highest BCUT2D eigenvalue weighted by Gasteiger charge is 2.30. The molecule has 3 heterocycles. The number of fused-ring (bicyclic) bond motifs is 1. The molecule has 1 saturated heterocycles. The van der Waals surface area contributed by atoms with Gasteiger partial charge in [0.2, 0.25) is 0 Å². The summed E-state index contributed by atoms with van der Waals surface area (Å²) in [6, 6.07) is 8.49. The minimum absolute atomic E-state index is 0.156. The highest BCUT2D eigenvalue weighted by molar-refractivity contribution is 5.75. The molecule has 6 heteroatoms. The Morgan fingerprint density at radius 2 is 1.89 bits per heavy atom. The molecule has 0 amide bonds. The second kappa shape index (κ2) is 6.60. The number of nitrogens with zero attached hydrogens (tertiary/aromatic N) is 4. The molecule has 0 radical (unpaired) electrons. The van der Waals surface area contributed by atoms with Crippen LogP contribution in [0.2, 0.25) is 0 Å². The van der Waals surface area contributed by atoms with E-state index in [1.807, 2.05) is 0 Å². The molecule has 2 fully saturated rings. The van der Waals surface area contributed by atoms with Crippen LogP contribution in [0.25, 0.3) is 11.0 Å². The van der Waals surface area contributed by atoms with Crippen LogP contribution >= 0.6 is 0 Å². The fraction of sp³-hybridized carbons (Fsp3) is 0.476. The van der Waals surface area contributed by atoms with Gasteiger partial charge in [-0.3, -0.25) is 0 Å². The average Bonchev–Trinajstić information content (AvgIpc) is 3.09. The van der Waals surface area contributed by atoms with E-state index in [4.69, 9.17) is 4.98 Å². The van der Waals surface area contributed by atoms with Crippen LogP contribution in [-0.4, -0.2) is 44.2 Å². The molecule has 0 bridgehead atoms. The Morgan fingerprint density at radius 3 is 2.67 bits per heavy atom. The SMILES string of the molecule is Cc1ccc2nc(C3CCN(c4cc(C5CC(O)C5)ncn4)CC3)[nH]c2c1. The average molecular weight is 363 g/mol. The summed E-state index contributed by atoms with van der Waals surface area (Å²) in [7, 11) is 0. The van der Waals surface area contributed by atoms with Gasteiger partial charge in [-0.1, -0.05) is 6.07 Å². The topological polar surface area (TPSA) is 77.9 Å². The van der Waals surface area contributed by atoms with Gasteiger partial charge in [-0.15, -0.1) is 0 Å². The lowest BCUT2D eigenvalue weighted by Gasteiger charge is -2.34. The van der Waals surface area contributed by atoms with E-state index in [2.05, 4.69) is 51.0 Å². The molecule has 5 rings (SSSR count). The number of piperidine rings is 1. The summed E-state index contributed by atoms with van der Waals surface area (Å²) in [4.78, 5) is 19.6. The standard InChI is InChI=1S/C21H25N5O/c1-13-2-3-17-19(8-13)25-21(24-17)14-4-6-26(7-5-14)20-11-18(22-12-23-20)15-9-16(27)10-15/h2-3,8,11-12,14-16,27H,4-7,9-10H2,1H3,(H,24,25). The molecule has 1 saturated carbocycles. The molecule has 1 aliphatic heterocycles. The van der Waals surface area contributed by atoms with Crippen molar-refractivity contribution < 1.29 is 5.11 Å². The van der Waals surface area contributed by atoms with Crippen LogP contribution in [0.4, 0.5) is 5.82 Å². The maximum atomic E-state index is 9.54. The number of aryl methyl sites for hydroxylation is 1. The zero-order valence-corrected chi connectivity index (χ0v) is 15.6. The maximum Gasteiger partial charge on any atom is 0.132 e. The normalized spacial score (nSPS) is 23.6. The Labute approximate surface area is 158 Å². The van der Waals surface area contributed by atoms with E-state index in [1.54, 1.807) is 6.33 Å². The summed E-state index contributed by atoms with van der Waals surface area (Å²) in [5.41, 5.74) is 4.52. The number of aliphatic hydroxyl groups is 1. The number of benzene rings is 1. The van der Waals surface area contributed by atoms with Gasteiger partial charge >= 0.3 is 0 Å². The fourth-order valence-corrected chi connectivity index (χ4v) is 4.31. The van der Waals surface area contributed by atoms with E-state index in [0.29, 0.717) is 11.8 Å². The number of aromatic nitrogens is 4. The van der Waals surface area contributed by atoms with Crippen molar-refractivity contribution in [1.29, 1.82) is 0 Å².